The molecule has 2 aromatic carbocycles. The molecule has 0 spiro atoms. The summed E-state index contributed by atoms with van der Waals surface area (Å²) in [4.78, 5) is 65.3. The van der Waals surface area contributed by atoms with Crippen LogP contribution < -0.4 is 16.0 Å². The predicted molar refractivity (Wildman–Crippen MR) is 158 cm³/mol. The summed E-state index contributed by atoms with van der Waals surface area (Å²) in [5.74, 6) is -1.40. The van der Waals surface area contributed by atoms with Gasteiger partial charge in [-0.25, -0.2) is 9.59 Å². The van der Waals surface area contributed by atoms with Crippen LogP contribution in [0.3, 0.4) is 0 Å². The molecule has 0 saturated carbocycles. The van der Waals surface area contributed by atoms with Gasteiger partial charge in [0, 0.05) is 13.0 Å². The van der Waals surface area contributed by atoms with Gasteiger partial charge in [-0.1, -0.05) is 60.7 Å². The van der Waals surface area contributed by atoms with Gasteiger partial charge in [0.1, 0.15) is 24.7 Å². The average Bonchev–Trinajstić information content (AvgIpc) is 3.51. The summed E-state index contributed by atoms with van der Waals surface area (Å²) in [6, 6.07) is 15.8. The van der Waals surface area contributed by atoms with Crippen LogP contribution in [0, 0.1) is 0 Å². The van der Waals surface area contributed by atoms with Crippen molar-refractivity contribution < 1.29 is 33.4 Å². The number of nitrogens with zero attached hydrogens (tertiary/aromatic N) is 1. The third kappa shape index (κ3) is 10.1. The molecule has 3 atom stereocenters. The third-order valence-electron chi connectivity index (χ3n) is 6.81. The number of rotatable bonds is 14. The fourth-order valence-electron chi connectivity index (χ4n) is 4.59. The van der Waals surface area contributed by atoms with Gasteiger partial charge in [-0.2, -0.15) is 11.8 Å². The van der Waals surface area contributed by atoms with E-state index in [1.54, 1.807) is 0 Å². The second-order valence-electron chi connectivity index (χ2n) is 9.78. The van der Waals surface area contributed by atoms with Gasteiger partial charge in [-0.15, -0.1) is 0 Å². The second-order valence-corrected chi connectivity index (χ2v) is 10.8. The Bertz CT molecular complexity index is 1200. The molecule has 0 radical (unpaired) electrons. The van der Waals surface area contributed by atoms with E-state index in [9.17, 15) is 24.0 Å². The van der Waals surface area contributed by atoms with E-state index < -0.39 is 47.9 Å². The summed E-state index contributed by atoms with van der Waals surface area (Å²) in [7, 11) is 1.25. The molecule has 42 heavy (non-hydrogen) atoms. The molecule has 3 rings (SSSR count). The lowest BCUT2D eigenvalue weighted by atomic mass is 10.1. The molecule has 0 bridgehead atoms. The van der Waals surface area contributed by atoms with E-state index in [1.165, 1.54) is 23.8 Å². The topological polar surface area (TPSA) is 143 Å². The number of benzene rings is 2. The minimum atomic E-state index is -0.910. The maximum Gasteiger partial charge on any atom is 0.408 e. The van der Waals surface area contributed by atoms with Crippen molar-refractivity contribution in [2.45, 2.75) is 50.4 Å². The highest BCUT2D eigenvalue weighted by molar-refractivity contribution is 7.98. The van der Waals surface area contributed by atoms with Crippen molar-refractivity contribution in [3.05, 3.63) is 71.8 Å². The Kier molecular flexibility index (Phi) is 13.2. The molecule has 0 unspecified atom stereocenters. The van der Waals surface area contributed by atoms with Gasteiger partial charge < -0.3 is 30.3 Å². The molecule has 1 aliphatic rings. The van der Waals surface area contributed by atoms with Crippen LogP contribution in [-0.2, 0) is 41.7 Å². The quantitative estimate of drug-likeness (QED) is 0.281. The van der Waals surface area contributed by atoms with Crippen LogP contribution in [0.5, 0.6) is 0 Å². The molecule has 1 fully saturated rings. The third-order valence-corrected chi connectivity index (χ3v) is 7.45. The first-order chi connectivity index (χ1) is 20.3. The number of carbonyl (C=O) groups excluding carboxylic acids is 5. The van der Waals surface area contributed by atoms with Crippen LogP contribution in [0.4, 0.5) is 4.79 Å². The maximum absolute atomic E-state index is 13.2. The monoisotopic (exact) mass is 598 g/mol. The number of carbonyl (C=O) groups is 5. The Balaban J connectivity index is 1.54. The number of alkyl carbamates (subject to hydrolysis) is 1. The zero-order valence-electron chi connectivity index (χ0n) is 23.9. The van der Waals surface area contributed by atoms with Crippen molar-refractivity contribution in [3.63, 3.8) is 0 Å². The predicted octanol–water partition coefficient (Wildman–Crippen LogP) is 2.04. The summed E-state index contributed by atoms with van der Waals surface area (Å²) in [5, 5.41) is 7.91. The molecule has 1 aliphatic heterocycles. The lowest BCUT2D eigenvalue weighted by Gasteiger charge is -2.26. The van der Waals surface area contributed by atoms with E-state index in [4.69, 9.17) is 9.47 Å². The zero-order chi connectivity index (χ0) is 30.3. The van der Waals surface area contributed by atoms with Crippen molar-refractivity contribution in [1.82, 2.24) is 20.9 Å². The Morgan fingerprint density at radius 1 is 0.952 bits per heavy atom. The highest BCUT2D eigenvalue weighted by Gasteiger charge is 2.36. The number of hydrogen-bond acceptors (Lipinski definition) is 8. The van der Waals surface area contributed by atoms with Crippen molar-refractivity contribution in [1.29, 1.82) is 0 Å². The fraction of sp³-hybridized carbons (Fsp3) is 0.433. The minimum Gasteiger partial charge on any atom is -0.467 e. The molecule has 0 aromatic heterocycles. The number of esters is 1. The van der Waals surface area contributed by atoms with Gasteiger partial charge in [-0.05, 0) is 42.4 Å². The van der Waals surface area contributed by atoms with E-state index in [2.05, 4.69) is 16.0 Å². The summed E-state index contributed by atoms with van der Waals surface area (Å²) >= 11 is 1.52. The molecular weight excluding hydrogens is 560 g/mol. The number of thioether (sulfide) groups is 1. The highest BCUT2D eigenvalue weighted by Crippen LogP contribution is 2.18. The molecular formula is C30H38N4O7S. The first-order valence-corrected chi connectivity index (χ1v) is 15.2. The summed E-state index contributed by atoms with van der Waals surface area (Å²) < 4.78 is 10.1. The zero-order valence-corrected chi connectivity index (χ0v) is 24.7. The Labute approximate surface area is 250 Å². The molecule has 12 heteroatoms. The fourth-order valence-corrected chi connectivity index (χ4v) is 5.06. The Morgan fingerprint density at radius 3 is 2.26 bits per heavy atom. The standard InChI is InChI=1S/C30H38N4O7S/c1-40-29(38)24(18-21-10-5-3-6-11-21)32-28(37)25-14-9-16-34(25)26(35)19-31-27(36)23(15-17-42-2)33-30(39)41-20-22-12-7-4-8-13-22/h3-8,10-13,23-25H,9,14-20H2,1-2H3,(H,31,36)(H,32,37)(H,33,39)/t23-,24-,25-/m0/s1. The van der Waals surface area contributed by atoms with Crippen LogP contribution in [0.25, 0.3) is 0 Å². The first-order valence-electron chi connectivity index (χ1n) is 13.8. The van der Waals surface area contributed by atoms with Gasteiger partial charge in [0.05, 0.1) is 13.7 Å². The SMILES string of the molecule is COC(=O)[C@H](Cc1ccccc1)NC(=O)[C@@H]1CCCN1C(=O)CNC(=O)[C@H](CCSC)NC(=O)OCc1ccccc1. The normalized spacial score (nSPS) is 15.7. The van der Waals surface area contributed by atoms with Crippen LogP contribution in [-0.4, -0.2) is 85.0 Å². The molecule has 1 heterocycles. The average molecular weight is 599 g/mol. The molecule has 226 valence electrons. The van der Waals surface area contributed by atoms with Gasteiger partial charge in [0.2, 0.25) is 17.7 Å². The van der Waals surface area contributed by atoms with Crippen LogP contribution in [0.15, 0.2) is 60.7 Å². The van der Waals surface area contributed by atoms with Gasteiger partial charge in [0.15, 0.2) is 0 Å². The van der Waals surface area contributed by atoms with E-state index >= 15 is 0 Å². The van der Waals surface area contributed by atoms with Crippen molar-refractivity contribution in [2.24, 2.45) is 0 Å². The molecule has 11 nitrogen and oxygen atoms in total. The smallest absolute Gasteiger partial charge is 0.408 e. The van der Waals surface area contributed by atoms with Gasteiger partial charge in [0.25, 0.3) is 0 Å². The van der Waals surface area contributed by atoms with Crippen molar-refractivity contribution >= 4 is 41.5 Å². The van der Waals surface area contributed by atoms with E-state index in [0.29, 0.717) is 31.6 Å². The Morgan fingerprint density at radius 2 is 1.62 bits per heavy atom. The minimum absolute atomic E-state index is 0.0582. The number of amides is 4. The molecule has 1 saturated heterocycles. The number of likely N-dealkylation sites (tertiary alicyclic amines) is 1. The Hall–Kier alpha value is -4.06. The van der Waals surface area contributed by atoms with Gasteiger partial charge >= 0.3 is 12.1 Å². The number of ether oxygens (including phenoxy) is 2. The van der Waals surface area contributed by atoms with Gasteiger partial charge in [-0.3, -0.25) is 14.4 Å². The van der Waals surface area contributed by atoms with Crippen LogP contribution >= 0.6 is 11.8 Å². The van der Waals surface area contributed by atoms with E-state index in [-0.39, 0.29) is 19.6 Å². The lowest BCUT2D eigenvalue weighted by Crippen LogP contribution is -2.54. The van der Waals surface area contributed by atoms with Crippen LogP contribution in [0.1, 0.15) is 30.4 Å². The van der Waals surface area contributed by atoms with E-state index in [0.717, 1.165) is 11.1 Å². The van der Waals surface area contributed by atoms with Crippen molar-refractivity contribution in [3.8, 4) is 0 Å². The molecule has 0 aliphatic carbocycles. The number of methoxy groups -OCH3 is 1. The maximum atomic E-state index is 13.2. The molecule has 3 N–H and O–H groups in total. The largest absolute Gasteiger partial charge is 0.467 e. The van der Waals surface area contributed by atoms with Crippen molar-refractivity contribution in [2.75, 3.05) is 32.2 Å². The highest BCUT2D eigenvalue weighted by atomic mass is 32.2. The molecule has 4 amide bonds. The number of hydrogen-bond donors (Lipinski definition) is 3. The number of nitrogens with one attached hydrogen (secondary N) is 3. The first kappa shape index (κ1) is 32.5. The molecule has 2 aromatic rings. The summed E-state index contributed by atoms with van der Waals surface area (Å²) in [6.45, 7) is 0.0561. The second kappa shape index (κ2) is 17.0. The van der Waals surface area contributed by atoms with E-state index in [1.807, 2.05) is 66.9 Å². The summed E-state index contributed by atoms with van der Waals surface area (Å²) in [5.41, 5.74) is 1.66. The lowest BCUT2D eigenvalue weighted by molar-refractivity contribution is -0.146. The van der Waals surface area contributed by atoms with Crippen LogP contribution in [0.2, 0.25) is 0 Å². The summed E-state index contributed by atoms with van der Waals surface area (Å²) in [6.07, 6.45) is 2.76.